The summed E-state index contributed by atoms with van der Waals surface area (Å²) >= 11 is 0. The fourth-order valence-electron chi connectivity index (χ4n) is 2.76. The molecule has 0 aliphatic carbocycles. The maximum Gasteiger partial charge on any atom is 0.0681 e. The van der Waals surface area contributed by atoms with E-state index < -0.39 is 0 Å². The van der Waals surface area contributed by atoms with Crippen LogP contribution >= 0.6 is 0 Å². The quantitative estimate of drug-likeness (QED) is 0.863. The van der Waals surface area contributed by atoms with Gasteiger partial charge in [-0.2, -0.15) is 0 Å². The first-order valence-corrected chi connectivity index (χ1v) is 7.08. The van der Waals surface area contributed by atoms with E-state index in [4.69, 9.17) is 4.74 Å². The summed E-state index contributed by atoms with van der Waals surface area (Å²) in [5.41, 5.74) is 1.39. The Morgan fingerprint density at radius 1 is 1.22 bits per heavy atom. The highest BCUT2D eigenvalue weighted by atomic mass is 16.5. The lowest BCUT2D eigenvalue weighted by Gasteiger charge is -2.26. The van der Waals surface area contributed by atoms with Crippen LogP contribution in [-0.2, 0) is 4.74 Å². The minimum atomic E-state index is 0.360. The Bertz CT molecular complexity index is 349. The van der Waals surface area contributed by atoms with Crippen molar-refractivity contribution in [1.29, 1.82) is 0 Å². The highest BCUT2D eigenvalue weighted by molar-refractivity contribution is 5.20. The van der Waals surface area contributed by atoms with E-state index >= 15 is 0 Å². The molecule has 100 valence electrons. The summed E-state index contributed by atoms with van der Waals surface area (Å²) in [5, 5.41) is 3.54. The zero-order valence-corrected chi connectivity index (χ0v) is 11.7. The van der Waals surface area contributed by atoms with Gasteiger partial charge in [-0.1, -0.05) is 51.1 Å². The molecule has 0 aromatic heterocycles. The average molecular weight is 247 g/mol. The molecule has 1 aliphatic heterocycles. The second kappa shape index (κ2) is 6.35. The highest BCUT2D eigenvalue weighted by Gasteiger charge is 2.32. The normalized spacial score (nSPS) is 25.6. The third-order valence-electron chi connectivity index (χ3n) is 3.87. The minimum absolute atomic E-state index is 0.360. The van der Waals surface area contributed by atoms with E-state index in [1.807, 2.05) is 0 Å². The summed E-state index contributed by atoms with van der Waals surface area (Å²) in [6, 6.07) is 11.3. The summed E-state index contributed by atoms with van der Waals surface area (Å²) in [6.45, 7) is 8.66. The van der Waals surface area contributed by atoms with Crippen molar-refractivity contribution >= 4 is 0 Å². The molecule has 0 amide bonds. The Morgan fingerprint density at radius 3 is 2.61 bits per heavy atom. The Morgan fingerprint density at radius 2 is 1.94 bits per heavy atom. The maximum absolute atomic E-state index is 5.97. The molecule has 2 heteroatoms. The van der Waals surface area contributed by atoms with Gasteiger partial charge in [-0.25, -0.2) is 0 Å². The lowest BCUT2D eigenvalue weighted by Crippen LogP contribution is -2.34. The molecule has 3 atom stereocenters. The standard InChI is InChI=1S/C16H25NO/c1-12(2)17-11-15-9-10-18-16(15)13(3)14-7-5-4-6-8-14/h4-8,12-13,15-17H,9-11H2,1-3H3. The van der Waals surface area contributed by atoms with E-state index in [0.29, 0.717) is 24.0 Å². The van der Waals surface area contributed by atoms with Crippen molar-refractivity contribution in [3.8, 4) is 0 Å². The zero-order valence-electron chi connectivity index (χ0n) is 11.7. The van der Waals surface area contributed by atoms with Gasteiger partial charge in [0.2, 0.25) is 0 Å². The fourth-order valence-corrected chi connectivity index (χ4v) is 2.76. The molecule has 0 radical (unpaired) electrons. The molecule has 1 aliphatic rings. The molecule has 0 saturated carbocycles. The molecule has 3 unspecified atom stereocenters. The molecular formula is C16H25NO. The first kappa shape index (κ1) is 13.6. The van der Waals surface area contributed by atoms with Gasteiger partial charge < -0.3 is 10.1 Å². The van der Waals surface area contributed by atoms with Crippen molar-refractivity contribution in [2.45, 2.75) is 45.3 Å². The third kappa shape index (κ3) is 3.33. The summed E-state index contributed by atoms with van der Waals surface area (Å²) in [7, 11) is 0. The second-order valence-electron chi connectivity index (χ2n) is 5.65. The molecule has 2 nitrogen and oxygen atoms in total. The van der Waals surface area contributed by atoms with E-state index in [1.165, 1.54) is 12.0 Å². The molecule has 1 aromatic rings. The molecule has 0 bridgehead atoms. The van der Waals surface area contributed by atoms with Gasteiger partial charge >= 0.3 is 0 Å². The predicted molar refractivity (Wildman–Crippen MR) is 75.8 cm³/mol. The molecule has 0 spiro atoms. The van der Waals surface area contributed by atoms with Crippen molar-refractivity contribution < 1.29 is 4.74 Å². The van der Waals surface area contributed by atoms with E-state index in [2.05, 4.69) is 56.4 Å². The van der Waals surface area contributed by atoms with Gasteiger partial charge in [-0.05, 0) is 12.0 Å². The fraction of sp³-hybridized carbons (Fsp3) is 0.625. The van der Waals surface area contributed by atoms with Gasteiger partial charge in [0, 0.05) is 31.0 Å². The van der Waals surface area contributed by atoms with Crippen LogP contribution in [0.1, 0.15) is 38.7 Å². The zero-order chi connectivity index (χ0) is 13.0. The molecule has 1 aromatic carbocycles. The summed E-state index contributed by atoms with van der Waals surface area (Å²) in [6.07, 6.45) is 1.54. The topological polar surface area (TPSA) is 21.3 Å². The van der Waals surface area contributed by atoms with Crippen LogP contribution in [0, 0.1) is 5.92 Å². The molecule has 1 saturated heterocycles. The monoisotopic (exact) mass is 247 g/mol. The SMILES string of the molecule is CC(C)NCC1CCOC1C(C)c1ccccc1. The third-order valence-corrected chi connectivity index (χ3v) is 3.87. The first-order valence-electron chi connectivity index (χ1n) is 7.08. The largest absolute Gasteiger partial charge is 0.377 e. The van der Waals surface area contributed by atoms with Crippen LogP contribution in [0.5, 0.6) is 0 Å². The van der Waals surface area contributed by atoms with Crippen LogP contribution in [0.3, 0.4) is 0 Å². The van der Waals surface area contributed by atoms with E-state index in [-0.39, 0.29) is 0 Å². The van der Waals surface area contributed by atoms with Crippen LogP contribution < -0.4 is 5.32 Å². The van der Waals surface area contributed by atoms with Gasteiger partial charge in [0.1, 0.15) is 0 Å². The smallest absolute Gasteiger partial charge is 0.0681 e. The number of ether oxygens (including phenoxy) is 1. The number of hydrogen-bond donors (Lipinski definition) is 1. The molecule has 1 fully saturated rings. The lowest BCUT2D eigenvalue weighted by molar-refractivity contribution is 0.0715. The lowest BCUT2D eigenvalue weighted by atomic mass is 9.87. The van der Waals surface area contributed by atoms with Crippen molar-refractivity contribution in [1.82, 2.24) is 5.32 Å². The number of hydrogen-bond acceptors (Lipinski definition) is 2. The number of rotatable bonds is 5. The minimum Gasteiger partial charge on any atom is -0.377 e. The van der Waals surface area contributed by atoms with Crippen molar-refractivity contribution in [3.05, 3.63) is 35.9 Å². The number of benzene rings is 1. The van der Waals surface area contributed by atoms with Gasteiger partial charge in [-0.15, -0.1) is 0 Å². The van der Waals surface area contributed by atoms with E-state index in [0.717, 1.165) is 13.2 Å². The molecule has 18 heavy (non-hydrogen) atoms. The van der Waals surface area contributed by atoms with Crippen LogP contribution in [0.25, 0.3) is 0 Å². The van der Waals surface area contributed by atoms with Crippen LogP contribution in [-0.4, -0.2) is 25.3 Å². The summed E-state index contributed by atoms with van der Waals surface area (Å²) in [5.74, 6) is 1.12. The van der Waals surface area contributed by atoms with Gasteiger partial charge in [0.05, 0.1) is 6.10 Å². The summed E-state index contributed by atoms with van der Waals surface area (Å²) in [4.78, 5) is 0. The predicted octanol–water partition coefficient (Wildman–Crippen LogP) is 3.19. The molecule has 1 N–H and O–H groups in total. The summed E-state index contributed by atoms with van der Waals surface area (Å²) < 4.78 is 5.97. The van der Waals surface area contributed by atoms with E-state index in [9.17, 15) is 0 Å². The van der Waals surface area contributed by atoms with Crippen molar-refractivity contribution in [3.63, 3.8) is 0 Å². The van der Waals surface area contributed by atoms with Gasteiger partial charge in [-0.3, -0.25) is 0 Å². The molecular weight excluding hydrogens is 222 g/mol. The van der Waals surface area contributed by atoms with Crippen LogP contribution in [0.4, 0.5) is 0 Å². The van der Waals surface area contributed by atoms with Gasteiger partial charge in [0.15, 0.2) is 0 Å². The molecule has 1 heterocycles. The van der Waals surface area contributed by atoms with E-state index in [1.54, 1.807) is 0 Å². The second-order valence-corrected chi connectivity index (χ2v) is 5.65. The Kier molecular flexibility index (Phi) is 4.79. The average Bonchev–Trinajstić information content (AvgIpc) is 2.85. The number of nitrogens with one attached hydrogen (secondary N) is 1. The van der Waals surface area contributed by atoms with Gasteiger partial charge in [0.25, 0.3) is 0 Å². The first-order chi connectivity index (χ1) is 8.68. The highest BCUT2D eigenvalue weighted by Crippen LogP contribution is 2.32. The Balaban J connectivity index is 1.98. The Labute approximate surface area is 111 Å². The maximum atomic E-state index is 5.97. The van der Waals surface area contributed by atoms with Crippen LogP contribution in [0.15, 0.2) is 30.3 Å². The van der Waals surface area contributed by atoms with Crippen molar-refractivity contribution in [2.75, 3.05) is 13.2 Å². The van der Waals surface area contributed by atoms with Crippen molar-refractivity contribution in [2.24, 2.45) is 5.92 Å². The molecule has 2 rings (SSSR count). The Hall–Kier alpha value is -0.860. The van der Waals surface area contributed by atoms with Crippen LogP contribution in [0.2, 0.25) is 0 Å².